The number of amides is 1. The number of aryl methyl sites for hydroxylation is 1. The highest BCUT2D eigenvalue weighted by Gasteiger charge is 2.17. The zero-order valence-electron chi connectivity index (χ0n) is 13.9. The van der Waals surface area contributed by atoms with Gasteiger partial charge in [0.1, 0.15) is 5.82 Å². The van der Waals surface area contributed by atoms with E-state index in [4.69, 9.17) is 5.73 Å². The first-order valence-corrected chi connectivity index (χ1v) is 7.87. The van der Waals surface area contributed by atoms with E-state index in [0.717, 1.165) is 23.1 Å². The number of carbonyl (C=O) groups is 1. The molecular weight excluding hydrogens is 304 g/mol. The number of hydrogen-bond acceptors (Lipinski definition) is 5. The summed E-state index contributed by atoms with van der Waals surface area (Å²) in [6, 6.07) is 5.34. The molecule has 7 nitrogen and oxygen atoms in total. The summed E-state index contributed by atoms with van der Waals surface area (Å²) in [5.74, 6) is 0.186. The van der Waals surface area contributed by atoms with Gasteiger partial charge < -0.3 is 11.1 Å². The molecule has 7 heteroatoms. The zero-order valence-corrected chi connectivity index (χ0v) is 13.9. The number of nitrogens with two attached hydrogens (primary N) is 1. The molecule has 3 aromatic heterocycles. The van der Waals surface area contributed by atoms with E-state index >= 15 is 0 Å². The summed E-state index contributed by atoms with van der Waals surface area (Å²) < 4.78 is 1.86. The van der Waals surface area contributed by atoms with Crippen LogP contribution < -0.4 is 11.1 Å². The van der Waals surface area contributed by atoms with Gasteiger partial charge in [0.2, 0.25) is 0 Å². The highest BCUT2D eigenvalue weighted by Crippen LogP contribution is 2.23. The largest absolute Gasteiger partial charge is 0.384 e. The first kappa shape index (κ1) is 15.9. The van der Waals surface area contributed by atoms with Gasteiger partial charge in [0, 0.05) is 5.69 Å². The Morgan fingerprint density at radius 1 is 1.38 bits per heavy atom. The fourth-order valence-electron chi connectivity index (χ4n) is 2.50. The van der Waals surface area contributed by atoms with Crippen molar-refractivity contribution in [2.45, 2.75) is 33.2 Å². The van der Waals surface area contributed by atoms with Crippen LogP contribution in [0.15, 0.2) is 30.6 Å². The molecule has 0 fully saturated rings. The molecule has 1 amide bonds. The lowest BCUT2D eigenvalue weighted by Crippen LogP contribution is -2.14. The lowest BCUT2D eigenvalue weighted by molar-refractivity contribution is 0.102. The van der Waals surface area contributed by atoms with Crippen LogP contribution in [-0.4, -0.2) is 25.7 Å². The van der Waals surface area contributed by atoms with E-state index < -0.39 is 0 Å². The molecule has 1 atom stereocenters. The number of nitrogens with one attached hydrogen (secondary N) is 1. The highest BCUT2D eigenvalue weighted by atomic mass is 16.1. The van der Waals surface area contributed by atoms with Gasteiger partial charge in [-0.3, -0.25) is 4.79 Å². The van der Waals surface area contributed by atoms with E-state index in [2.05, 4.69) is 34.2 Å². The van der Waals surface area contributed by atoms with Crippen molar-refractivity contribution < 1.29 is 4.79 Å². The van der Waals surface area contributed by atoms with E-state index in [1.54, 1.807) is 24.4 Å². The predicted octanol–water partition coefficient (Wildman–Crippen LogP) is 2.94. The molecule has 124 valence electrons. The molecule has 0 aliphatic carbocycles. The summed E-state index contributed by atoms with van der Waals surface area (Å²) in [6.07, 6.45) is 4.16. The van der Waals surface area contributed by atoms with Crippen LogP contribution in [0.3, 0.4) is 0 Å². The summed E-state index contributed by atoms with van der Waals surface area (Å²) in [4.78, 5) is 21.2. The number of pyridine rings is 2. The molecule has 3 rings (SSSR count). The van der Waals surface area contributed by atoms with Gasteiger partial charge in [-0.05, 0) is 38.5 Å². The van der Waals surface area contributed by atoms with Crippen LogP contribution in [-0.2, 0) is 0 Å². The monoisotopic (exact) mass is 324 g/mol. The number of rotatable bonds is 4. The lowest BCUT2D eigenvalue weighted by atomic mass is 10.1. The Kier molecular flexibility index (Phi) is 4.16. The van der Waals surface area contributed by atoms with Gasteiger partial charge in [-0.2, -0.15) is 5.10 Å². The molecule has 0 saturated carbocycles. The Hall–Kier alpha value is -2.96. The number of nitrogen functional groups attached to an aromatic ring is 1. The van der Waals surface area contributed by atoms with Crippen molar-refractivity contribution in [3.8, 4) is 0 Å². The molecule has 3 heterocycles. The number of nitrogens with zero attached hydrogens (tertiary/aromatic N) is 4. The van der Waals surface area contributed by atoms with Gasteiger partial charge in [-0.15, -0.1) is 0 Å². The van der Waals surface area contributed by atoms with Gasteiger partial charge in [-0.1, -0.05) is 6.92 Å². The maximum atomic E-state index is 12.7. The number of anilines is 2. The Morgan fingerprint density at radius 3 is 2.83 bits per heavy atom. The summed E-state index contributed by atoms with van der Waals surface area (Å²) >= 11 is 0. The summed E-state index contributed by atoms with van der Waals surface area (Å²) in [5.41, 5.74) is 8.20. The summed E-state index contributed by atoms with van der Waals surface area (Å²) in [7, 11) is 0. The third-order valence-electron chi connectivity index (χ3n) is 3.99. The molecule has 1 unspecified atom stereocenters. The molecule has 24 heavy (non-hydrogen) atoms. The maximum Gasteiger partial charge on any atom is 0.256 e. The molecule has 3 N–H and O–H groups in total. The normalized spacial score (nSPS) is 12.3. The van der Waals surface area contributed by atoms with Crippen molar-refractivity contribution in [2.24, 2.45) is 0 Å². The van der Waals surface area contributed by atoms with Crippen LogP contribution >= 0.6 is 0 Å². The first-order valence-electron chi connectivity index (χ1n) is 7.87. The van der Waals surface area contributed by atoms with Gasteiger partial charge in [0.25, 0.3) is 5.91 Å². The third-order valence-corrected chi connectivity index (χ3v) is 3.99. The van der Waals surface area contributed by atoms with E-state index in [9.17, 15) is 4.79 Å². The molecular formula is C17H20N6O. The van der Waals surface area contributed by atoms with Crippen LogP contribution in [0.1, 0.15) is 42.4 Å². The number of fused-ring (bicyclic) bond motifs is 1. The van der Waals surface area contributed by atoms with E-state index in [0.29, 0.717) is 17.1 Å². The molecule has 0 bridgehead atoms. The number of hydrogen-bond donors (Lipinski definition) is 2. The predicted molar refractivity (Wildman–Crippen MR) is 93.9 cm³/mol. The first-order chi connectivity index (χ1) is 11.5. The molecule has 3 aromatic rings. The second-order valence-corrected chi connectivity index (χ2v) is 5.82. The number of aromatic nitrogens is 4. The fourth-order valence-corrected chi connectivity index (χ4v) is 2.50. The molecule has 0 aliphatic heterocycles. The minimum atomic E-state index is -0.222. The van der Waals surface area contributed by atoms with Crippen LogP contribution in [0.2, 0.25) is 0 Å². The molecule has 0 aliphatic rings. The average molecular weight is 324 g/mol. The smallest absolute Gasteiger partial charge is 0.256 e. The van der Waals surface area contributed by atoms with Gasteiger partial charge in [0.15, 0.2) is 5.65 Å². The lowest BCUT2D eigenvalue weighted by Gasteiger charge is -2.11. The van der Waals surface area contributed by atoms with Gasteiger partial charge >= 0.3 is 0 Å². The molecule has 0 radical (unpaired) electrons. The molecule has 0 spiro atoms. The van der Waals surface area contributed by atoms with Crippen LogP contribution in [0.4, 0.5) is 11.5 Å². The van der Waals surface area contributed by atoms with Crippen molar-refractivity contribution >= 4 is 28.4 Å². The van der Waals surface area contributed by atoms with E-state index in [-0.39, 0.29) is 11.9 Å². The highest BCUT2D eigenvalue weighted by molar-refractivity contribution is 6.11. The Morgan fingerprint density at radius 2 is 2.17 bits per heavy atom. The fraction of sp³-hybridized carbons (Fsp3) is 0.294. The van der Waals surface area contributed by atoms with Crippen molar-refractivity contribution in [1.82, 2.24) is 19.7 Å². The van der Waals surface area contributed by atoms with Gasteiger partial charge in [-0.25, -0.2) is 14.6 Å². The van der Waals surface area contributed by atoms with Crippen LogP contribution in [0, 0.1) is 6.92 Å². The Labute approximate surface area is 139 Å². The van der Waals surface area contributed by atoms with E-state index in [1.165, 1.54) is 6.20 Å². The quantitative estimate of drug-likeness (QED) is 0.768. The second kappa shape index (κ2) is 6.27. The Bertz CT molecular complexity index is 884. The van der Waals surface area contributed by atoms with Crippen molar-refractivity contribution in [1.29, 1.82) is 0 Å². The third kappa shape index (κ3) is 2.92. The molecule has 0 aromatic carbocycles. The maximum absolute atomic E-state index is 12.7. The topological polar surface area (TPSA) is 98.7 Å². The van der Waals surface area contributed by atoms with E-state index in [1.807, 2.05) is 11.6 Å². The van der Waals surface area contributed by atoms with Crippen LogP contribution in [0.5, 0.6) is 0 Å². The second-order valence-electron chi connectivity index (χ2n) is 5.82. The summed E-state index contributed by atoms with van der Waals surface area (Å²) in [6.45, 7) is 6.04. The Balaban J connectivity index is 2.00. The van der Waals surface area contributed by atoms with Crippen molar-refractivity contribution in [2.75, 3.05) is 11.1 Å². The zero-order chi connectivity index (χ0) is 17.3. The SMILES string of the molecule is CCC(C)n1ncc2c(C(=O)Nc3ccc(N)nc3)cc(C)nc21. The minimum Gasteiger partial charge on any atom is -0.384 e. The number of carbonyl (C=O) groups excluding carboxylic acids is 1. The molecule has 0 saturated heterocycles. The minimum absolute atomic E-state index is 0.217. The standard InChI is InChI=1S/C17H20N6O/c1-4-11(3)23-16-14(9-20-23)13(7-10(2)21-16)17(24)22-12-5-6-15(18)19-8-12/h5-9,11H,4H2,1-3H3,(H2,18,19)(H,22,24). The van der Waals surface area contributed by atoms with Crippen LogP contribution in [0.25, 0.3) is 11.0 Å². The van der Waals surface area contributed by atoms with Crippen molar-refractivity contribution in [3.05, 3.63) is 41.9 Å². The van der Waals surface area contributed by atoms with Gasteiger partial charge in [0.05, 0.1) is 35.1 Å². The summed E-state index contributed by atoms with van der Waals surface area (Å²) in [5, 5.41) is 7.99. The van der Waals surface area contributed by atoms with Crippen molar-refractivity contribution in [3.63, 3.8) is 0 Å². The average Bonchev–Trinajstić information content (AvgIpc) is 2.99.